The molecular weight excluding hydrogens is 470 g/mol. The number of rotatable bonds is 7. The molecule has 1 aromatic rings. The van der Waals surface area contributed by atoms with E-state index in [0.29, 0.717) is 0 Å². The van der Waals surface area contributed by atoms with Crippen molar-refractivity contribution in [2.75, 3.05) is 33.2 Å². The Kier molecular flexibility index (Phi) is 11.6. The van der Waals surface area contributed by atoms with E-state index in [1.807, 2.05) is 35.1 Å². The molecule has 0 amide bonds. The van der Waals surface area contributed by atoms with Gasteiger partial charge < -0.3 is 14.6 Å². The standard InChI is InChI=1S/C26H32N2O2.C7H17N/c1-18-15-28(26(30)21-9-5-4-6-10-21)24-12-8-7-11-23(25(18)24)22-14-13-20(17-29)16-27(3)19(22)2;1-4-7-8(5-2)6-3/h7-8,12-15,17,19-22H,4-6,9-10,16H2,1-3H3;4-7H2,1-3H3/t19-,20-,22?;/m1./s1. The van der Waals surface area contributed by atoms with Gasteiger partial charge in [-0.15, -0.1) is 5.73 Å². The number of nitrogens with zero attached hydrogens (tertiary/aromatic N) is 3. The van der Waals surface area contributed by atoms with E-state index in [4.69, 9.17) is 0 Å². The third kappa shape index (κ3) is 7.14. The molecule has 0 spiro atoms. The average Bonchev–Trinajstić information content (AvgIpc) is 3.06. The fourth-order valence-corrected chi connectivity index (χ4v) is 6.04. The maximum Gasteiger partial charge on any atom is 0.234 e. The topological polar surface area (TPSA) is 45.6 Å². The lowest BCUT2D eigenvalue weighted by Gasteiger charge is -2.30. The SMILES string of the molecule is CCCN(CC)CC.Cc1cn(C(=O)C2CCCCC2)c2c1C(C1C=C[C@@H](C=O)CN(C)[C@@H]1C)=C=CC=C2. The maximum atomic E-state index is 13.4. The van der Waals surface area contributed by atoms with Crippen LogP contribution in [0, 0.1) is 24.7 Å². The van der Waals surface area contributed by atoms with Crippen LogP contribution in [0.15, 0.2) is 36.2 Å². The first-order valence-electron chi connectivity index (χ1n) is 14.8. The molecule has 0 aromatic carbocycles. The van der Waals surface area contributed by atoms with Crippen LogP contribution in [0.3, 0.4) is 0 Å². The molecule has 2 heterocycles. The summed E-state index contributed by atoms with van der Waals surface area (Å²) >= 11 is 0. The summed E-state index contributed by atoms with van der Waals surface area (Å²) in [5.41, 5.74) is 7.80. The fraction of sp³-hybridized carbons (Fsp3) is 0.606. The molecule has 5 heteroatoms. The Morgan fingerprint density at radius 1 is 1.13 bits per heavy atom. The van der Waals surface area contributed by atoms with Gasteiger partial charge in [-0.25, -0.2) is 0 Å². The van der Waals surface area contributed by atoms with E-state index in [9.17, 15) is 9.59 Å². The first kappa shape index (κ1) is 30.1. The van der Waals surface area contributed by atoms with Crippen LogP contribution in [0.4, 0.5) is 0 Å². The number of hydrogen-bond donors (Lipinski definition) is 0. The zero-order valence-electron chi connectivity index (χ0n) is 24.6. The second kappa shape index (κ2) is 14.6. The molecule has 1 unspecified atom stereocenters. The smallest absolute Gasteiger partial charge is 0.234 e. The van der Waals surface area contributed by atoms with Crippen molar-refractivity contribution in [1.82, 2.24) is 14.4 Å². The Balaban J connectivity index is 0.000000436. The summed E-state index contributed by atoms with van der Waals surface area (Å²) in [5, 5.41) is 0. The van der Waals surface area contributed by atoms with Crippen molar-refractivity contribution in [3.63, 3.8) is 0 Å². The van der Waals surface area contributed by atoms with Gasteiger partial charge in [0.05, 0.1) is 5.69 Å². The molecule has 0 saturated heterocycles. The molecule has 3 aliphatic rings. The number of aromatic nitrogens is 1. The van der Waals surface area contributed by atoms with E-state index < -0.39 is 0 Å². The molecule has 1 aliphatic heterocycles. The van der Waals surface area contributed by atoms with Crippen molar-refractivity contribution in [1.29, 1.82) is 0 Å². The van der Waals surface area contributed by atoms with Crippen LogP contribution in [0.25, 0.3) is 11.6 Å². The monoisotopic (exact) mass is 519 g/mol. The van der Waals surface area contributed by atoms with Gasteiger partial charge in [0.2, 0.25) is 5.91 Å². The zero-order valence-corrected chi connectivity index (χ0v) is 24.6. The van der Waals surface area contributed by atoms with Crippen LogP contribution in [0.5, 0.6) is 0 Å². The molecule has 1 aromatic heterocycles. The van der Waals surface area contributed by atoms with Gasteiger partial charge in [0.1, 0.15) is 6.29 Å². The van der Waals surface area contributed by atoms with Gasteiger partial charge >= 0.3 is 0 Å². The van der Waals surface area contributed by atoms with Crippen molar-refractivity contribution in [3.8, 4) is 0 Å². The molecule has 1 saturated carbocycles. The third-order valence-electron chi connectivity index (χ3n) is 8.50. The first-order chi connectivity index (χ1) is 18.4. The van der Waals surface area contributed by atoms with Crippen molar-refractivity contribution >= 4 is 23.8 Å². The predicted octanol–water partition coefficient (Wildman–Crippen LogP) is 6.64. The summed E-state index contributed by atoms with van der Waals surface area (Å²) in [5.74, 6) is 0.374. The number of fused-ring (bicyclic) bond motifs is 1. The van der Waals surface area contributed by atoms with Crippen molar-refractivity contribution < 1.29 is 9.59 Å². The van der Waals surface area contributed by atoms with Crippen molar-refractivity contribution in [2.45, 2.75) is 79.2 Å². The quantitative estimate of drug-likeness (QED) is 0.230. The predicted molar refractivity (Wildman–Crippen MR) is 159 cm³/mol. The molecule has 2 aliphatic carbocycles. The molecule has 5 nitrogen and oxygen atoms in total. The summed E-state index contributed by atoms with van der Waals surface area (Å²) < 4.78 is 1.89. The molecule has 0 N–H and O–H groups in total. The van der Waals surface area contributed by atoms with E-state index >= 15 is 0 Å². The molecule has 208 valence electrons. The number of aldehydes is 1. The van der Waals surface area contributed by atoms with Gasteiger partial charge in [0.25, 0.3) is 0 Å². The number of hydrogen-bond acceptors (Lipinski definition) is 4. The normalized spacial score (nSPS) is 23.8. The Bertz CT molecular complexity index is 1060. The van der Waals surface area contributed by atoms with E-state index in [1.165, 1.54) is 32.5 Å². The molecule has 1 fully saturated rings. The van der Waals surface area contributed by atoms with Crippen LogP contribution in [0.2, 0.25) is 0 Å². The minimum Gasteiger partial charge on any atom is -0.304 e. The van der Waals surface area contributed by atoms with Crippen LogP contribution >= 0.6 is 0 Å². The highest BCUT2D eigenvalue weighted by Gasteiger charge is 2.32. The highest BCUT2D eigenvalue weighted by Crippen LogP contribution is 2.38. The van der Waals surface area contributed by atoms with Gasteiger partial charge in [-0.3, -0.25) is 9.36 Å². The second-order valence-electron chi connectivity index (χ2n) is 11.1. The number of allylic oxidation sites excluding steroid dienone is 1. The Hall–Kier alpha value is -2.46. The van der Waals surface area contributed by atoms with E-state index in [-0.39, 0.29) is 29.7 Å². The Morgan fingerprint density at radius 2 is 1.84 bits per heavy atom. The molecule has 0 bridgehead atoms. The first-order valence-corrected chi connectivity index (χ1v) is 14.8. The van der Waals surface area contributed by atoms with Crippen LogP contribution < -0.4 is 0 Å². The molecule has 0 radical (unpaired) electrons. The average molecular weight is 520 g/mol. The molecule has 4 rings (SSSR count). The van der Waals surface area contributed by atoms with Gasteiger partial charge in [-0.1, -0.05) is 58.3 Å². The minimum atomic E-state index is -0.0889. The van der Waals surface area contributed by atoms with Crippen LogP contribution in [0.1, 0.15) is 87.8 Å². The molecule has 38 heavy (non-hydrogen) atoms. The van der Waals surface area contributed by atoms with E-state index in [1.54, 1.807) is 0 Å². The molecular formula is C33H49N3O2. The second-order valence-corrected chi connectivity index (χ2v) is 11.1. The number of carbonyl (C=O) groups is 2. The largest absolute Gasteiger partial charge is 0.304 e. The summed E-state index contributed by atoms with van der Waals surface area (Å²) in [6.07, 6.45) is 20.0. The summed E-state index contributed by atoms with van der Waals surface area (Å²) in [7, 11) is 2.08. The van der Waals surface area contributed by atoms with Gasteiger partial charge in [-0.05, 0) is 77.5 Å². The highest BCUT2D eigenvalue weighted by molar-refractivity contribution is 5.89. The van der Waals surface area contributed by atoms with Crippen molar-refractivity contribution in [2.24, 2.45) is 17.8 Å². The van der Waals surface area contributed by atoms with Gasteiger partial charge in [-0.2, -0.15) is 0 Å². The van der Waals surface area contributed by atoms with Crippen LogP contribution in [-0.4, -0.2) is 65.8 Å². The maximum absolute atomic E-state index is 13.4. The third-order valence-corrected chi connectivity index (χ3v) is 8.50. The summed E-state index contributed by atoms with van der Waals surface area (Å²) in [6.45, 7) is 15.3. The lowest BCUT2D eigenvalue weighted by Crippen LogP contribution is -2.36. The Morgan fingerprint density at radius 3 is 2.45 bits per heavy atom. The van der Waals surface area contributed by atoms with Crippen LogP contribution in [-0.2, 0) is 4.79 Å². The summed E-state index contributed by atoms with van der Waals surface area (Å²) in [4.78, 5) is 29.5. The number of carbonyl (C=O) groups excluding carboxylic acids is 2. The minimum absolute atomic E-state index is 0.0889. The summed E-state index contributed by atoms with van der Waals surface area (Å²) in [6, 6.07) is 0.227. The number of aryl methyl sites for hydroxylation is 1. The zero-order chi connectivity index (χ0) is 27.7. The lowest BCUT2D eigenvalue weighted by molar-refractivity contribution is -0.110. The highest BCUT2D eigenvalue weighted by atomic mass is 16.2. The van der Waals surface area contributed by atoms with E-state index in [2.05, 4.69) is 63.3 Å². The van der Waals surface area contributed by atoms with Gasteiger partial charge in [0.15, 0.2) is 0 Å². The van der Waals surface area contributed by atoms with E-state index in [0.717, 1.165) is 60.9 Å². The van der Waals surface area contributed by atoms with Gasteiger partial charge in [0, 0.05) is 47.7 Å². The Labute approximate surface area is 231 Å². The fourth-order valence-electron chi connectivity index (χ4n) is 6.04. The molecule has 3 atom stereocenters. The lowest BCUT2D eigenvalue weighted by atomic mass is 9.85. The van der Waals surface area contributed by atoms with Crippen molar-refractivity contribution in [3.05, 3.63) is 53.1 Å².